The van der Waals surface area contributed by atoms with Crippen LogP contribution in [0.15, 0.2) is 24.3 Å². The molecule has 0 radical (unpaired) electrons. The lowest BCUT2D eigenvalue weighted by Crippen LogP contribution is -2.18. The van der Waals surface area contributed by atoms with Crippen LogP contribution in [0, 0.1) is 0 Å². The summed E-state index contributed by atoms with van der Waals surface area (Å²) in [4.78, 5) is 24.1. The molecule has 0 aliphatic rings. The van der Waals surface area contributed by atoms with Gasteiger partial charge < -0.3 is 9.47 Å². The summed E-state index contributed by atoms with van der Waals surface area (Å²) >= 11 is 0. The standard InChI is InChI=1S/C16H15F3N2O4/c1-4-21-13(12(9(2)22)14(20-21)16(17,18)19)15(23)25-11-7-5-10(24-3)6-8-11/h5-8H,4H2,1-3H3. The molecule has 0 amide bonds. The Morgan fingerprint density at radius 2 is 1.72 bits per heavy atom. The summed E-state index contributed by atoms with van der Waals surface area (Å²) in [5, 5.41) is 3.36. The highest BCUT2D eigenvalue weighted by Crippen LogP contribution is 2.33. The van der Waals surface area contributed by atoms with E-state index in [1.165, 1.54) is 38.3 Å². The van der Waals surface area contributed by atoms with E-state index in [-0.39, 0.29) is 12.3 Å². The highest BCUT2D eigenvalue weighted by atomic mass is 19.4. The van der Waals surface area contributed by atoms with Gasteiger partial charge in [0.25, 0.3) is 0 Å². The van der Waals surface area contributed by atoms with E-state index in [0.29, 0.717) is 5.75 Å². The van der Waals surface area contributed by atoms with Gasteiger partial charge in [0.1, 0.15) is 11.5 Å². The highest BCUT2D eigenvalue weighted by Gasteiger charge is 2.42. The fraction of sp³-hybridized carbons (Fsp3) is 0.312. The van der Waals surface area contributed by atoms with Crippen LogP contribution in [0.5, 0.6) is 11.5 Å². The van der Waals surface area contributed by atoms with Crippen molar-refractivity contribution in [3.8, 4) is 11.5 Å². The monoisotopic (exact) mass is 356 g/mol. The zero-order chi connectivity index (χ0) is 18.8. The molecule has 0 saturated heterocycles. The van der Waals surface area contributed by atoms with E-state index in [0.717, 1.165) is 11.6 Å². The fourth-order valence-corrected chi connectivity index (χ4v) is 2.23. The quantitative estimate of drug-likeness (QED) is 0.467. The second-order valence-corrected chi connectivity index (χ2v) is 5.01. The molecule has 2 aromatic rings. The van der Waals surface area contributed by atoms with Crippen molar-refractivity contribution in [3.63, 3.8) is 0 Å². The van der Waals surface area contributed by atoms with E-state index in [1.807, 2.05) is 0 Å². The Hall–Kier alpha value is -2.84. The summed E-state index contributed by atoms with van der Waals surface area (Å²) in [6.07, 6.45) is -4.86. The molecule has 25 heavy (non-hydrogen) atoms. The van der Waals surface area contributed by atoms with Crippen LogP contribution >= 0.6 is 0 Å². The second-order valence-electron chi connectivity index (χ2n) is 5.01. The van der Waals surface area contributed by atoms with Gasteiger partial charge in [-0.3, -0.25) is 9.48 Å². The molecule has 0 aliphatic carbocycles. The Balaban J connectivity index is 2.47. The summed E-state index contributed by atoms with van der Waals surface area (Å²) in [6.45, 7) is 2.40. The van der Waals surface area contributed by atoms with Gasteiger partial charge in [-0.25, -0.2) is 4.79 Å². The first-order valence-electron chi connectivity index (χ1n) is 7.24. The van der Waals surface area contributed by atoms with Crippen LogP contribution in [-0.2, 0) is 12.7 Å². The summed E-state index contributed by atoms with van der Waals surface area (Å²) in [5.74, 6) is -1.41. The summed E-state index contributed by atoms with van der Waals surface area (Å²) < 4.78 is 50.2. The number of hydrogen-bond acceptors (Lipinski definition) is 5. The van der Waals surface area contributed by atoms with Gasteiger partial charge >= 0.3 is 12.1 Å². The molecule has 0 aliphatic heterocycles. The number of aromatic nitrogens is 2. The Morgan fingerprint density at radius 3 is 2.16 bits per heavy atom. The molecule has 1 heterocycles. The van der Waals surface area contributed by atoms with Crippen LogP contribution in [0.2, 0.25) is 0 Å². The number of ketones is 1. The molecule has 0 unspecified atom stereocenters. The zero-order valence-corrected chi connectivity index (χ0v) is 13.7. The molecule has 134 valence electrons. The van der Waals surface area contributed by atoms with Crippen LogP contribution in [0.25, 0.3) is 0 Å². The molecule has 0 spiro atoms. The van der Waals surface area contributed by atoms with Gasteiger partial charge in [-0.2, -0.15) is 18.3 Å². The van der Waals surface area contributed by atoms with E-state index in [1.54, 1.807) is 0 Å². The largest absolute Gasteiger partial charge is 0.497 e. The summed E-state index contributed by atoms with van der Waals surface area (Å²) in [7, 11) is 1.46. The maximum absolute atomic E-state index is 13.1. The Bertz CT molecular complexity index is 795. The summed E-state index contributed by atoms with van der Waals surface area (Å²) in [5.41, 5.74) is -2.73. The van der Waals surface area contributed by atoms with Crippen molar-refractivity contribution < 1.29 is 32.2 Å². The molecule has 0 atom stereocenters. The molecule has 9 heteroatoms. The number of halogens is 3. The number of ether oxygens (including phenoxy) is 2. The van der Waals surface area contributed by atoms with E-state index < -0.39 is 34.9 Å². The molecule has 0 bridgehead atoms. The summed E-state index contributed by atoms with van der Waals surface area (Å²) in [6, 6.07) is 5.88. The van der Waals surface area contributed by atoms with Gasteiger partial charge in [0.15, 0.2) is 17.2 Å². The average Bonchev–Trinajstić information content (AvgIpc) is 2.95. The van der Waals surface area contributed by atoms with Gasteiger partial charge in [-0.15, -0.1) is 0 Å². The predicted molar refractivity (Wildman–Crippen MR) is 80.9 cm³/mol. The number of carbonyl (C=O) groups is 2. The molecule has 0 saturated carbocycles. The van der Waals surface area contributed by atoms with Crippen molar-refractivity contribution >= 4 is 11.8 Å². The second kappa shape index (κ2) is 6.96. The highest BCUT2D eigenvalue weighted by molar-refractivity contribution is 6.06. The predicted octanol–water partition coefficient (Wildman–Crippen LogP) is 3.35. The van der Waals surface area contributed by atoms with Crippen LogP contribution in [0.4, 0.5) is 13.2 Å². The Morgan fingerprint density at radius 1 is 1.16 bits per heavy atom. The number of Topliss-reactive ketones (excluding diaryl/α,β-unsaturated/α-hetero) is 1. The van der Waals surface area contributed by atoms with Crippen molar-refractivity contribution in [2.75, 3.05) is 7.11 Å². The number of esters is 1. The Labute approximate surface area is 141 Å². The van der Waals surface area contributed by atoms with Gasteiger partial charge in [-0.1, -0.05) is 0 Å². The molecular weight excluding hydrogens is 341 g/mol. The number of benzene rings is 1. The Kier molecular flexibility index (Phi) is 5.15. The molecule has 0 fully saturated rings. The van der Waals surface area contributed by atoms with Crippen molar-refractivity contribution in [1.82, 2.24) is 9.78 Å². The lowest BCUT2D eigenvalue weighted by atomic mass is 10.1. The number of hydrogen-bond donors (Lipinski definition) is 0. The van der Waals surface area contributed by atoms with Gasteiger partial charge in [0.05, 0.1) is 12.7 Å². The minimum absolute atomic E-state index is 0.0383. The molecule has 6 nitrogen and oxygen atoms in total. The third-order valence-electron chi connectivity index (χ3n) is 3.34. The number of carbonyl (C=O) groups excluding carboxylic acids is 2. The molecule has 1 aromatic heterocycles. The minimum atomic E-state index is -4.86. The molecule has 0 N–H and O–H groups in total. The first-order chi connectivity index (χ1) is 11.7. The smallest absolute Gasteiger partial charge is 0.435 e. The molecule has 2 rings (SSSR count). The van der Waals surface area contributed by atoms with E-state index in [2.05, 4.69) is 5.10 Å². The van der Waals surface area contributed by atoms with Crippen LogP contribution in [0.3, 0.4) is 0 Å². The van der Waals surface area contributed by atoms with Crippen molar-refractivity contribution in [2.24, 2.45) is 0 Å². The number of nitrogens with zero attached hydrogens (tertiary/aromatic N) is 2. The first-order valence-corrected chi connectivity index (χ1v) is 7.24. The maximum atomic E-state index is 13.1. The normalized spacial score (nSPS) is 11.3. The first kappa shape index (κ1) is 18.5. The lowest BCUT2D eigenvalue weighted by molar-refractivity contribution is -0.141. The topological polar surface area (TPSA) is 70.4 Å². The molecule has 1 aromatic carbocycles. The van der Waals surface area contributed by atoms with E-state index in [9.17, 15) is 22.8 Å². The average molecular weight is 356 g/mol. The maximum Gasteiger partial charge on any atom is 0.435 e. The third-order valence-corrected chi connectivity index (χ3v) is 3.34. The van der Waals surface area contributed by atoms with Gasteiger partial charge in [0.2, 0.25) is 0 Å². The van der Waals surface area contributed by atoms with Crippen LogP contribution in [-0.4, -0.2) is 28.6 Å². The number of methoxy groups -OCH3 is 1. The van der Waals surface area contributed by atoms with E-state index in [4.69, 9.17) is 9.47 Å². The minimum Gasteiger partial charge on any atom is -0.497 e. The lowest BCUT2D eigenvalue weighted by Gasteiger charge is -2.08. The number of rotatable bonds is 5. The van der Waals surface area contributed by atoms with Crippen LogP contribution < -0.4 is 9.47 Å². The number of alkyl halides is 3. The molecular formula is C16H15F3N2O4. The van der Waals surface area contributed by atoms with Gasteiger partial charge in [0, 0.05) is 6.54 Å². The zero-order valence-electron chi connectivity index (χ0n) is 13.7. The van der Waals surface area contributed by atoms with Crippen molar-refractivity contribution in [1.29, 1.82) is 0 Å². The van der Waals surface area contributed by atoms with Crippen molar-refractivity contribution in [3.05, 3.63) is 41.2 Å². The van der Waals surface area contributed by atoms with Crippen LogP contribution in [0.1, 0.15) is 40.4 Å². The fourth-order valence-electron chi connectivity index (χ4n) is 2.23. The van der Waals surface area contributed by atoms with E-state index >= 15 is 0 Å². The SMILES string of the molecule is CCn1nc(C(F)(F)F)c(C(C)=O)c1C(=O)Oc1ccc(OC)cc1. The number of aryl methyl sites for hydroxylation is 1. The van der Waals surface area contributed by atoms with Crippen molar-refractivity contribution in [2.45, 2.75) is 26.6 Å². The van der Waals surface area contributed by atoms with Gasteiger partial charge in [-0.05, 0) is 38.1 Å². The third kappa shape index (κ3) is 3.81.